The van der Waals surface area contributed by atoms with Crippen molar-refractivity contribution in [1.29, 1.82) is 0 Å². The van der Waals surface area contributed by atoms with Crippen LogP contribution < -0.4 is 15.3 Å². The summed E-state index contributed by atoms with van der Waals surface area (Å²) in [4.78, 5) is 24.2. The molecule has 2 aromatic heterocycles. The average Bonchev–Trinajstić information content (AvgIpc) is 3.39. The molecular formula is C24H20FN3O4. The number of aromatic nitrogens is 2. The predicted molar refractivity (Wildman–Crippen MR) is 118 cm³/mol. The summed E-state index contributed by atoms with van der Waals surface area (Å²) in [5.74, 6) is 1.41. The van der Waals surface area contributed by atoms with Crippen LogP contribution in [0.1, 0.15) is 12.0 Å². The Bertz CT molecular complexity index is 1470. The molecule has 6 rings (SSSR count). The quantitative estimate of drug-likeness (QED) is 0.522. The van der Waals surface area contributed by atoms with Crippen LogP contribution >= 0.6 is 0 Å². The number of phenolic OH excluding ortho intramolecular Hbond substituents is 1. The van der Waals surface area contributed by atoms with Gasteiger partial charge in [0.25, 0.3) is 0 Å². The van der Waals surface area contributed by atoms with Crippen molar-refractivity contribution < 1.29 is 18.7 Å². The van der Waals surface area contributed by atoms with Crippen LogP contribution in [0.4, 0.5) is 10.2 Å². The molecule has 2 aliphatic rings. The number of hydrogen-bond acceptors (Lipinski definition) is 7. The van der Waals surface area contributed by atoms with Crippen molar-refractivity contribution >= 4 is 27.5 Å². The van der Waals surface area contributed by atoms with Gasteiger partial charge in [-0.2, -0.15) is 9.97 Å². The fraction of sp³-hybridized carbons (Fsp3) is 0.292. The first kappa shape index (κ1) is 19.0. The van der Waals surface area contributed by atoms with Gasteiger partial charge in [-0.25, -0.2) is 9.18 Å². The lowest BCUT2D eigenvalue weighted by atomic mass is 9.98. The molecule has 3 heterocycles. The van der Waals surface area contributed by atoms with E-state index < -0.39 is 11.4 Å². The van der Waals surface area contributed by atoms with E-state index in [-0.39, 0.29) is 28.5 Å². The predicted octanol–water partition coefficient (Wildman–Crippen LogP) is 4.02. The van der Waals surface area contributed by atoms with Gasteiger partial charge in [-0.1, -0.05) is 12.1 Å². The number of nitrogens with zero attached hydrogens (tertiary/aromatic N) is 3. The second-order valence-electron chi connectivity index (χ2n) is 8.59. The molecule has 1 aliphatic carbocycles. The number of rotatable bonds is 3. The number of aryl methyl sites for hydroxylation is 1. The van der Waals surface area contributed by atoms with Crippen LogP contribution in [0, 0.1) is 24.6 Å². The number of hydrogen-bond donors (Lipinski definition) is 1. The third-order valence-corrected chi connectivity index (χ3v) is 6.58. The lowest BCUT2D eigenvalue weighted by molar-refractivity contribution is 0.381. The number of aromatic hydroxyl groups is 1. The minimum absolute atomic E-state index is 0.0579. The van der Waals surface area contributed by atoms with E-state index >= 15 is 0 Å². The molecule has 0 amide bonds. The number of benzene rings is 2. The third-order valence-electron chi connectivity index (χ3n) is 6.58. The summed E-state index contributed by atoms with van der Waals surface area (Å²) in [5.41, 5.74) is 0.621. The van der Waals surface area contributed by atoms with E-state index in [9.17, 15) is 14.3 Å². The Hall–Kier alpha value is -3.68. The van der Waals surface area contributed by atoms with Crippen LogP contribution in [0.2, 0.25) is 0 Å². The number of fused-ring (bicyclic) bond motifs is 3. The fourth-order valence-corrected chi connectivity index (χ4v) is 4.91. The Morgan fingerprint density at radius 1 is 1.19 bits per heavy atom. The maximum atomic E-state index is 14.8. The van der Waals surface area contributed by atoms with Gasteiger partial charge in [0.2, 0.25) is 0 Å². The van der Waals surface area contributed by atoms with Crippen molar-refractivity contribution in [2.45, 2.75) is 13.3 Å². The van der Waals surface area contributed by atoms with Crippen molar-refractivity contribution in [2.75, 3.05) is 25.1 Å². The van der Waals surface area contributed by atoms with Crippen molar-refractivity contribution in [1.82, 2.24) is 9.97 Å². The highest BCUT2D eigenvalue weighted by Gasteiger charge is 2.46. The molecule has 1 saturated carbocycles. The standard InChI is InChI=1S/C24H20FN3O4/c1-11-20-19(22(27-24(26-20)31-2)28-9-13-6-14(13)10-28)23(30)32-21(11)16-8-15(29)7-12-4-3-5-17(25)18(12)16/h3-5,7-8,13-14,29H,6,9-10H2,1-2H3. The summed E-state index contributed by atoms with van der Waals surface area (Å²) in [7, 11) is 1.48. The van der Waals surface area contributed by atoms with Gasteiger partial charge in [0, 0.05) is 29.6 Å². The minimum atomic E-state index is -0.605. The van der Waals surface area contributed by atoms with Gasteiger partial charge in [0.05, 0.1) is 12.6 Å². The zero-order valence-corrected chi connectivity index (χ0v) is 17.6. The first-order chi connectivity index (χ1) is 15.4. The molecule has 0 radical (unpaired) electrons. The molecule has 0 bridgehead atoms. The number of phenols is 1. The lowest BCUT2D eigenvalue weighted by Crippen LogP contribution is -2.25. The van der Waals surface area contributed by atoms with Crippen LogP contribution in [0.25, 0.3) is 33.0 Å². The zero-order valence-electron chi connectivity index (χ0n) is 17.6. The maximum Gasteiger partial charge on any atom is 0.349 e. The van der Waals surface area contributed by atoms with Gasteiger partial charge < -0.3 is 19.2 Å². The van der Waals surface area contributed by atoms with Gasteiger partial charge in [0.15, 0.2) is 5.82 Å². The molecule has 1 saturated heterocycles. The monoisotopic (exact) mass is 433 g/mol. The van der Waals surface area contributed by atoms with E-state index in [4.69, 9.17) is 9.15 Å². The highest BCUT2D eigenvalue weighted by molar-refractivity contribution is 6.00. The van der Waals surface area contributed by atoms with Crippen LogP contribution in [0.15, 0.2) is 39.5 Å². The zero-order chi connectivity index (χ0) is 22.1. The van der Waals surface area contributed by atoms with Crippen molar-refractivity contribution in [3.05, 3.63) is 52.1 Å². The highest BCUT2D eigenvalue weighted by atomic mass is 19.1. The van der Waals surface area contributed by atoms with E-state index in [2.05, 4.69) is 14.9 Å². The molecule has 0 spiro atoms. The topological polar surface area (TPSA) is 88.7 Å². The lowest BCUT2D eigenvalue weighted by Gasteiger charge is -2.21. The Balaban J connectivity index is 1.65. The van der Waals surface area contributed by atoms with Gasteiger partial charge in [-0.3, -0.25) is 0 Å². The van der Waals surface area contributed by atoms with Crippen LogP contribution in [-0.2, 0) is 0 Å². The number of halogens is 1. The molecule has 7 nitrogen and oxygen atoms in total. The number of methoxy groups -OCH3 is 1. The summed E-state index contributed by atoms with van der Waals surface area (Å²) in [6.07, 6.45) is 1.21. The molecule has 2 fully saturated rings. The van der Waals surface area contributed by atoms with Gasteiger partial charge in [-0.15, -0.1) is 0 Å². The molecular weight excluding hydrogens is 413 g/mol. The normalized spacial score (nSPS) is 19.5. The number of piperidine rings is 1. The van der Waals surface area contributed by atoms with Gasteiger partial charge >= 0.3 is 11.6 Å². The summed E-state index contributed by atoms with van der Waals surface area (Å²) >= 11 is 0. The number of ether oxygens (including phenoxy) is 1. The van der Waals surface area contributed by atoms with Crippen LogP contribution in [0.5, 0.6) is 11.8 Å². The first-order valence-electron chi connectivity index (χ1n) is 10.5. The molecule has 2 unspecified atom stereocenters. The maximum absolute atomic E-state index is 14.8. The van der Waals surface area contributed by atoms with Gasteiger partial charge in [-0.05, 0) is 48.8 Å². The van der Waals surface area contributed by atoms with Crippen molar-refractivity contribution in [2.24, 2.45) is 11.8 Å². The fourth-order valence-electron chi connectivity index (χ4n) is 4.91. The molecule has 1 N–H and O–H groups in total. The largest absolute Gasteiger partial charge is 0.508 e. The first-order valence-corrected chi connectivity index (χ1v) is 10.5. The highest BCUT2D eigenvalue weighted by Crippen LogP contribution is 2.47. The van der Waals surface area contributed by atoms with E-state index in [0.717, 1.165) is 13.1 Å². The summed E-state index contributed by atoms with van der Waals surface area (Å²) in [6.45, 7) is 3.43. The van der Waals surface area contributed by atoms with E-state index in [1.165, 1.54) is 31.7 Å². The smallest absolute Gasteiger partial charge is 0.349 e. The summed E-state index contributed by atoms with van der Waals surface area (Å²) in [6, 6.07) is 7.61. The Kier molecular flexibility index (Phi) is 3.96. The molecule has 2 atom stereocenters. The van der Waals surface area contributed by atoms with Crippen molar-refractivity contribution in [3.63, 3.8) is 0 Å². The Morgan fingerprint density at radius 2 is 1.97 bits per heavy atom. The second-order valence-corrected chi connectivity index (χ2v) is 8.59. The summed E-state index contributed by atoms with van der Waals surface area (Å²) < 4.78 is 25.9. The molecule has 1 aliphatic heterocycles. The molecule has 32 heavy (non-hydrogen) atoms. The van der Waals surface area contributed by atoms with Crippen molar-refractivity contribution in [3.8, 4) is 23.1 Å². The van der Waals surface area contributed by atoms with Crippen LogP contribution in [-0.4, -0.2) is 35.3 Å². The van der Waals surface area contributed by atoms with Gasteiger partial charge in [0.1, 0.15) is 22.7 Å². The molecule has 162 valence electrons. The molecule has 4 aromatic rings. The minimum Gasteiger partial charge on any atom is -0.508 e. The SMILES string of the molecule is COc1nc(N2CC3CC3C2)c2c(=O)oc(-c3cc(O)cc4cccc(F)c34)c(C)c2n1. The Labute approximate surface area is 182 Å². The third kappa shape index (κ3) is 2.75. The van der Waals surface area contributed by atoms with E-state index in [1.54, 1.807) is 19.1 Å². The van der Waals surface area contributed by atoms with Crippen LogP contribution in [0.3, 0.4) is 0 Å². The second kappa shape index (κ2) is 6.66. The summed E-state index contributed by atoms with van der Waals surface area (Å²) in [5, 5.41) is 11.3. The Morgan fingerprint density at radius 3 is 2.72 bits per heavy atom. The van der Waals surface area contributed by atoms with E-state index in [0.29, 0.717) is 39.5 Å². The molecule has 2 aromatic carbocycles. The molecule has 8 heteroatoms. The average molecular weight is 433 g/mol. The van der Waals surface area contributed by atoms with E-state index in [1.807, 2.05) is 0 Å². The number of anilines is 1.